The van der Waals surface area contributed by atoms with E-state index in [9.17, 15) is 9.59 Å². The molecule has 0 spiro atoms. The molecule has 0 aliphatic rings. The van der Waals surface area contributed by atoms with E-state index in [-0.39, 0.29) is 18.0 Å². The van der Waals surface area contributed by atoms with Gasteiger partial charge in [0, 0.05) is 17.1 Å². The van der Waals surface area contributed by atoms with Gasteiger partial charge in [0.15, 0.2) is 11.4 Å². The fourth-order valence-electron chi connectivity index (χ4n) is 3.53. The Kier molecular flexibility index (Phi) is 5.92. The first-order chi connectivity index (χ1) is 16.6. The second kappa shape index (κ2) is 9.32. The van der Waals surface area contributed by atoms with Crippen molar-refractivity contribution in [3.8, 4) is 11.3 Å². The molecule has 1 N–H and O–H groups in total. The van der Waals surface area contributed by atoms with E-state index in [1.807, 2.05) is 42.5 Å². The maximum absolute atomic E-state index is 12.9. The average Bonchev–Trinajstić information content (AvgIpc) is 3.51. The maximum atomic E-state index is 12.9. The van der Waals surface area contributed by atoms with Gasteiger partial charge in [0.2, 0.25) is 0 Å². The lowest BCUT2D eigenvalue weighted by molar-refractivity contribution is 0.0918. The molecule has 170 valence electrons. The van der Waals surface area contributed by atoms with Crippen LogP contribution < -0.4 is 10.9 Å². The predicted molar refractivity (Wildman–Crippen MR) is 127 cm³/mol. The molecule has 34 heavy (non-hydrogen) atoms. The van der Waals surface area contributed by atoms with Crippen LogP contribution in [0.15, 0.2) is 82.5 Å². The van der Waals surface area contributed by atoms with E-state index in [1.165, 1.54) is 23.3 Å². The predicted octanol–water partition coefficient (Wildman–Crippen LogP) is 3.38. The zero-order chi connectivity index (χ0) is 23.5. The molecule has 0 bridgehead atoms. The van der Waals surface area contributed by atoms with E-state index in [0.29, 0.717) is 34.9 Å². The van der Waals surface area contributed by atoms with Crippen molar-refractivity contribution in [2.24, 2.45) is 0 Å². The molecule has 10 heteroatoms. The number of oxazole rings is 1. The van der Waals surface area contributed by atoms with Crippen molar-refractivity contribution in [3.05, 3.63) is 100 Å². The minimum atomic E-state index is -0.433. The monoisotopic (exact) mass is 474 g/mol. The number of carbonyl (C=O) groups excluding carboxylic acids is 1. The van der Waals surface area contributed by atoms with Crippen molar-refractivity contribution in [1.29, 1.82) is 0 Å². The van der Waals surface area contributed by atoms with Crippen molar-refractivity contribution in [2.75, 3.05) is 6.54 Å². The molecule has 0 saturated heterocycles. The molecule has 0 aliphatic heterocycles. The molecular formula is C24H19ClN6O3. The molecule has 0 aliphatic carbocycles. The van der Waals surface area contributed by atoms with Crippen molar-refractivity contribution in [3.63, 3.8) is 0 Å². The molecule has 5 aromatic rings. The first-order valence-corrected chi connectivity index (χ1v) is 10.9. The summed E-state index contributed by atoms with van der Waals surface area (Å²) in [5.41, 5.74) is 2.03. The second-order valence-electron chi connectivity index (χ2n) is 7.56. The third-order valence-electron chi connectivity index (χ3n) is 5.26. The molecule has 0 fully saturated rings. The number of nitrogens with one attached hydrogen (secondary N) is 1. The Morgan fingerprint density at radius 3 is 2.62 bits per heavy atom. The second-order valence-corrected chi connectivity index (χ2v) is 8.00. The number of fused-ring (bicyclic) bond motifs is 1. The summed E-state index contributed by atoms with van der Waals surface area (Å²) in [7, 11) is 0. The summed E-state index contributed by atoms with van der Waals surface area (Å²) in [4.78, 5) is 33.7. The smallest absolute Gasteiger partial charge is 0.307 e. The van der Waals surface area contributed by atoms with Crippen LogP contribution in [0.5, 0.6) is 0 Å². The molecule has 2 aromatic carbocycles. The van der Waals surface area contributed by atoms with Gasteiger partial charge in [0.05, 0.1) is 25.5 Å². The third-order valence-corrected chi connectivity index (χ3v) is 5.51. The average molecular weight is 475 g/mol. The number of benzene rings is 2. The molecule has 0 unspecified atom stereocenters. The van der Waals surface area contributed by atoms with Crippen LogP contribution in [0.2, 0.25) is 5.02 Å². The normalized spacial score (nSPS) is 11.1. The lowest BCUT2D eigenvalue weighted by Crippen LogP contribution is -2.28. The van der Waals surface area contributed by atoms with Gasteiger partial charge in [0.25, 0.3) is 11.4 Å². The highest BCUT2D eigenvalue weighted by Crippen LogP contribution is 2.19. The Hall–Kier alpha value is -4.24. The Bertz CT molecular complexity index is 1510. The van der Waals surface area contributed by atoms with E-state index in [2.05, 4.69) is 20.4 Å². The van der Waals surface area contributed by atoms with Crippen LogP contribution in [-0.4, -0.2) is 36.8 Å². The standard InChI is InChI=1S/C24H19ClN6O3/c25-18-8-6-16(7-9-18)14-30-15-28-21-19(24(30)33)12-29-31(21)11-10-26-22(32)23-27-13-20(34-23)17-4-2-1-3-5-17/h1-9,12-13,15H,10-11,14H2,(H,26,32). The number of nitrogens with zero attached hydrogens (tertiary/aromatic N) is 5. The number of hydrogen-bond donors (Lipinski definition) is 1. The van der Waals surface area contributed by atoms with Gasteiger partial charge in [-0.2, -0.15) is 5.10 Å². The fraction of sp³-hybridized carbons (Fsp3) is 0.125. The highest BCUT2D eigenvalue weighted by molar-refractivity contribution is 6.30. The molecule has 3 heterocycles. The van der Waals surface area contributed by atoms with E-state index in [0.717, 1.165) is 11.1 Å². The molecule has 1 amide bonds. The summed E-state index contributed by atoms with van der Waals surface area (Å²) < 4.78 is 8.66. The summed E-state index contributed by atoms with van der Waals surface area (Å²) >= 11 is 5.92. The van der Waals surface area contributed by atoms with E-state index in [4.69, 9.17) is 16.0 Å². The minimum Gasteiger partial charge on any atom is -0.432 e. The van der Waals surface area contributed by atoms with Gasteiger partial charge >= 0.3 is 5.91 Å². The van der Waals surface area contributed by atoms with Crippen LogP contribution in [0.3, 0.4) is 0 Å². The van der Waals surface area contributed by atoms with E-state index < -0.39 is 5.91 Å². The van der Waals surface area contributed by atoms with Crippen LogP contribution >= 0.6 is 11.6 Å². The highest BCUT2D eigenvalue weighted by atomic mass is 35.5. The van der Waals surface area contributed by atoms with Gasteiger partial charge in [-0.15, -0.1) is 0 Å². The fourth-order valence-corrected chi connectivity index (χ4v) is 3.65. The summed E-state index contributed by atoms with van der Waals surface area (Å²) in [6.07, 6.45) is 4.50. The van der Waals surface area contributed by atoms with Gasteiger partial charge in [-0.1, -0.05) is 54.1 Å². The number of amides is 1. The molecular weight excluding hydrogens is 456 g/mol. The molecule has 5 rings (SSSR count). The number of rotatable bonds is 7. The largest absolute Gasteiger partial charge is 0.432 e. The topological polar surface area (TPSA) is 108 Å². The van der Waals surface area contributed by atoms with E-state index in [1.54, 1.807) is 16.8 Å². The molecule has 0 saturated carbocycles. The lowest BCUT2D eigenvalue weighted by atomic mass is 10.2. The highest BCUT2D eigenvalue weighted by Gasteiger charge is 2.15. The van der Waals surface area contributed by atoms with Crippen molar-refractivity contribution in [2.45, 2.75) is 13.1 Å². The zero-order valence-electron chi connectivity index (χ0n) is 17.9. The number of aromatic nitrogens is 5. The summed E-state index contributed by atoms with van der Waals surface area (Å²) in [6.45, 7) is 0.963. The van der Waals surface area contributed by atoms with Crippen molar-refractivity contribution < 1.29 is 9.21 Å². The molecule has 9 nitrogen and oxygen atoms in total. The molecule has 0 atom stereocenters. The Morgan fingerprint density at radius 1 is 1.03 bits per heavy atom. The van der Waals surface area contributed by atoms with Crippen LogP contribution in [0.1, 0.15) is 16.2 Å². The number of hydrogen-bond acceptors (Lipinski definition) is 6. The Labute approximate surface area is 198 Å². The first kappa shape index (κ1) is 21.6. The van der Waals surface area contributed by atoms with Gasteiger partial charge in [-0.05, 0) is 17.7 Å². The van der Waals surface area contributed by atoms with Crippen molar-refractivity contribution in [1.82, 2.24) is 29.6 Å². The van der Waals surface area contributed by atoms with Gasteiger partial charge < -0.3 is 9.73 Å². The van der Waals surface area contributed by atoms with Gasteiger partial charge in [-0.25, -0.2) is 14.6 Å². The molecule has 3 aromatic heterocycles. The van der Waals surface area contributed by atoms with Crippen LogP contribution in [-0.2, 0) is 13.1 Å². The summed E-state index contributed by atoms with van der Waals surface area (Å²) in [5, 5.41) is 8.06. The lowest BCUT2D eigenvalue weighted by Gasteiger charge is -2.07. The number of halogens is 1. The van der Waals surface area contributed by atoms with Gasteiger partial charge in [0.1, 0.15) is 11.7 Å². The van der Waals surface area contributed by atoms with Crippen LogP contribution in [0.4, 0.5) is 0 Å². The quantitative estimate of drug-likeness (QED) is 0.387. The van der Waals surface area contributed by atoms with E-state index >= 15 is 0 Å². The summed E-state index contributed by atoms with van der Waals surface area (Å²) in [5.74, 6) is 0.0622. The molecule has 0 radical (unpaired) electrons. The van der Waals surface area contributed by atoms with Crippen molar-refractivity contribution >= 4 is 28.5 Å². The van der Waals surface area contributed by atoms with Crippen LogP contribution in [0, 0.1) is 0 Å². The third kappa shape index (κ3) is 4.46. The Balaban J connectivity index is 1.24. The summed E-state index contributed by atoms with van der Waals surface area (Å²) in [6, 6.07) is 16.7. The first-order valence-electron chi connectivity index (χ1n) is 10.5. The van der Waals surface area contributed by atoms with Gasteiger partial charge in [-0.3, -0.25) is 14.2 Å². The zero-order valence-corrected chi connectivity index (χ0v) is 18.6. The SMILES string of the molecule is O=C(NCCn1ncc2c(=O)n(Cc3ccc(Cl)cc3)cnc21)c1ncc(-c2ccccc2)o1. The van der Waals surface area contributed by atoms with Crippen LogP contribution in [0.25, 0.3) is 22.4 Å². The number of carbonyl (C=O) groups is 1. The maximum Gasteiger partial charge on any atom is 0.307 e. The minimum absolute atomic E-state index is 0.0209. The Morgan fingerprint density at radius 2 is 1.82 bits per heavy atom.